The van der Waals surface area contributed by atoms with Gasteiger partial charge in [0, 0.05) is 12.1 Å². The van der Waals surface area contributed by atoms with E-state index in [1.54, 1.807) is 6.07 Å². The number of aryl methyl sites for hydroxylation is 2. The molecule has 0 radical (unpaired) electrons. The highest BCUT2D eigenvalue weighted by Crippen LogP contribution is 2.25. The highest BCUT2D eigenvalue weighted by Gasteiger charge is 2.06. The molecule has 2 aromatic rings. The summed E-state index contributed by atoms with van der Waals surface area (Å²) < 4.78 is 13.9. The molecular formula is C15H16FN. The fourth-order valence-corrected chi connectivity index (χ4v) is 1.83. The second-order valence-corrected chi connectivity index (χ2v) is 4.32. The van der Waals surface area contributed by atoms with E-state index in [0.717, 1.165) is 11.1 Å². The lowest BCUT2D eigenvalue weighted by atomic mass is 9.99. The van der Waals surface area contributed by atoms with Crippen molar-refractivity contribution >= 4 is 0 Å². The Hall–Kier alpha value is -1.67. The topological polar surface area (TPSA) is 26.0 Å². The van der Waals surface area contributed by atoms with Crippen molar-refractivity contribution in [2.24, 2.45) is 5.73 Å². The van der Waals surface area contributed by atoms with E-state index in [1.807, 2.05) is 38.1 Å². The summed E-state index contributed by atoms with van der Waals surface area (Å²) >= 11 is 0. The molecule has 17 heavy (non-hydrogen) atoms. The molecule has 2 aromatic carbocycles. The lowest BCUT2D eigenvalue weighted by molar-refractivity contribution is 0.629. The van der Waals surface area contributed by atoms with Gasteiger partial charge in [0.1, 0.15) is 5.82 Å². The zero-order chi connectivity index (χ0) is 12.4. The van der Waals surface area contributed by atoms with Gasteiger partial charge in [-0.25, -0.2) is 4.39 Å². The van der Waals surface area contributed by atoms with E-state index in [2.05, 4.69) is 0 Å². The Balaban J connectivity index is 2.49. The van der Waals surface area contributed by atoms with Crippen molar-refractivity contribution in [1.29, 1.82) is 0 Å². The van der Waals surface area contributed by atoms with Crippen molar-refractivity contribution in [3.63, 3.8) is 0 Å². The molecule has 2 N–H and O–H groups in total. The van der Waals surface area contributed by atoms with Crippen LogP contribution < -0.4 is 5.73 Å². The molecular weight excluding hydrogens is 213 g/mol. The Labute approximate surface area is 101 Å². The second kappa shape index (κ2) is 4.68. The first kappa shape index (κ1) is 11.8. The Morgan fingerprint density at radius 1 is 1.00 bits per heavy atom. The van der Waals surface area contributed by atoms with Crippen molar-refractivity contribution in [2.45, 2.75) is 20.4 Å². The van der Waals surface area contributed by atoms with Gasteiger partial charge in [-0.3, -0.25) is 0 Å². The summed E-state index contributed by atoms with van der Waals surface area (Å²) in [6, 6.07) is 11.1. The van der Waals surface area contributed by atoms with Crippen LogP contribution in [0.25, 0.3) is 11.1 Å². The molecule has 0 bridgehead atoms. The van der Waals surface area contributed by atoms with Gasteiger partial charge >= 0.3 is 0 Å². The molecule has 2 heteroatoms. The van der Waals surface area contributed by atoms with Gasteiger partial charge in [0.15, 0.2) is 0 Å². The van der Waals surface area contributed by atoms with Crippen LogP contribution in [0.2, 0.25) is 0 Å². The molecule has 0 aliphatic carbocycles. The Bertz CT molecular complexity index is 547. The predicted molar refractivity (Wildman–Crippen MR) is 69.2 cm³/mol. The zero-order valence-electron chi connectivity index (χ0n) is 10.1. The summed E-state index contributed by atoms with van der Waals surface area (Å²) in [7, 11) is 0. The van der Waals surface area contributed by atoms with Gasteiger partial charge in [0.25, 0.3) is 0 Å². The Morgan fingerprint density at radius 3 is 2.35 bits per heavy atom. The maximum Gasteiger partial charge on any atom is 0.131 e. The monoisotopic (exact) mass is 229 g/mol. The van der Waals surface area contributed by atoms with Crippen LogP contribution in [-0.2, 0) is 6.54 Å². The second-order valence-electron chi connectivity index (χ2n) is 4.32. The molecule has 0 fully saturated rings. The standard InChI is InChI=1S/C15H16FN/c1-10-3-5-13(7-11(10)2)14-6-4-12(9-17)8-15(14)16/h3-8H,9,17H2,1-2H3. The largest absolute Gasteiger partial charge is 0.326 e. The van der Waals surface area contributed by atoms with Crippen LogP contribution in [-0.4, -0.2) is 0 Å². The lowest BCUT2D eigenvalue weighted by Gasteiger charge is -2.08. The third-order valence-electron chi connectivity index (χ3n) is 3.09. The van der Waals surface area contributed by atoms with Crippen molar-refractivity contribution in [1.82, 2.24) is 0 Å². The number of rotatable bonds is 2. The molecule has 0 heterocycles. The average Bonchev–Trinajstić information content (AvgIpc) is 2.32. The van der Waals surface area contributed by atoms with Crippen molar-refractivity contribution in [3.8, 4) is 11.1 Å². The summed E-state index contributed by atoms with van der Waals surface area (Å²) in [4.78, 5) is 0. The number of benzene rings is 2. The molecule has 0 aromatic heterocycles. The zero-order valence-corrected chi connectivity index (χ0v) is 10.1. The number of hydrogen-bond donors (Lipinski definition) is 1. The van der Waals surface area contributed by atoms with Crippen molar-refractivity contribution in [3.05, 3.63) is 58.9 Å². The SMILES string of the molecule is Cc1ccc(-c2ccc(CN)cc2F)cc1C. The molecule has 88 valence electrons. The van der Waals surface area contributed by atoms with Crippen LogP contribution in [0.3, 0.4) is 0 Å². The van der Waals surface area contributed by atoms with Gasteiger partial charge in [-0.2, -0.15) is 0 Å². The number of halogens is 1. The van der Waals surface area contributed by atoms with Gasteiger partial charge in [0.2, 0.25) is 0 Å². The maximum absolute atomic E-state index is 13.9. The Morgan fingerprint density at radius 2 is 1.76 bits per heavy atom. The van der Waals surface area contributed by atoms with Gasteiger partial charge in [0.05, 0.1) is 0 Å². The minimum Gasteiger partial charge on any atom is -0.326 e. The van der Waals surface area contributed by atoms with Crippen molar-refractivity contribution < 1.29 is 4.39 Å². The smallest absolute Gasteiger partial charge is 0.131 e. The van der Waals surface area contributed by atoms with Gasteiger partial charge in [-0.1, -0.05) is 30.3 Å². The maximum atomic E-state index is 13.9. The fourth-order valence-electron chi connectivity index (χ4n) is 1.83. The fraction of sp³-hybridized carbons (Fsp3) is 0.200. The molecule has 0 atom stereocenters. The molecule has 2 rings (SSSR count). The summed E-state index contributed by atoms with van der Waals surface area (Å²) in [5.74, 6) is -0.212. The molecule has 0 saturated carbocycles. The molecule has 0 amide bonds. The predicted octanol–water partition coefficient (Wildman–Crippen LogP) is 3.57. The first-order valence-electron chi connectivity index (χ1n) is 5.68. The summed E-state index contributed by atoms with van der Waals surface area (Å²) in [5.41, 5.74) is 10.2. The highest BCUT2D eigenvalue weighted by atomic mass is 19.1. The van der Waals surface area contributed by atoms with E-state index >= 15 is 0 Å². The highest BCUT2D eigenvalue weighted by molar-refractivity contribution is 5.65. The molecule has 0 unspecified atom stereocenters. The van der Waals surface area contributed by atoms with Crippen LogP contribution in [0.5, 0.6) is 0 Å². The molecule has 0 aliphatic rings. The van der Waals surface area contributed by atoms with E-state index in [1.165, 1.54) is 17.2 Å². The first-order chi connectivity index (χ1) is 8.11. The number of nitrogens with two attached hydrogens (primary N) is 1. The minimum atomic E-state index is -0.212. The minimum absolute atomic E-state index is 0.212. The summed E-state index contributed by atoms with van der Waals surface area (Å²) in [6.07, 6.45) is 0. The Kier molecular flexibility index (Phi) is 3.25. The van der Waals surface area contributed by atoms with E-state index in [9.17, 15) is 4.39 Å². The first-order valence-corrected chi connectivity index (χ1v) is 5.68. The molecule has 1 nitrogen and oxygen atoms in total. The average molecular weight is 229 g/mol. The van der Waals surface area contributed by atoms with E-state index in [4.69, 9.17) is 5.73 Å². The lowest BCUT2D eigenvalue weighted by Crippen LogP contribution is -1.97. The van der Waals surface area contributed by atoms with Gasteiger partial charge in [-0.05, 0) is 42.2 Å². The summed E-state index contributed by atoms with van der Waals surface area (Å²) in [5, 5.41) is 0. The third kappa shape index (κ3) is 2.37. The molecule has 0 spiro atoms. The quantitative estimate of drug-likeness (QED) is 0.837. The van der Waals surface area contributed by atoms with Crippen LogP contribution in [0.4, 0.5) is 4.39 Å². The molecule has 0 saturated heterocycles. The van der Waals surface area contributed by atoms with E-state index in [-0.39, 0.29) is 5.82 Å². The van der Waals surface area contributed by atoms with Crippen LogP contribution in [0.15, 0.2) is 36.4 Å². The third-order valence-corrected chi connectivity index (χ3v) is 3.09. The van der Waals surface area contributed by atoms with Crippen LogP contribution >= 0.6 is 0 Å². The van der Waals surface area contributed by atoms with E-state index < -0.39 is 0 Å². The van der Waals surface area contributed by atoms with Crippen LogP contribution in [0, 0.1) is 19.7 Å². The normalized spacial score (nSPS) is 10.6. The van der Waals surface area contributed by atoms with Crippen LogP contribution in [0.1, 0.15) is 16.7 Å². The molecule has 0 aliphatic heterocycles. The summed E-state index contributed by atoms with van der Waals surface area (Å²) in [6.45, 7) is 4.45. The van der Waals surface area contributed by atoms with Crippen molar-refractivity contribution in [2.75, 3.05) is 0 Å². The van der Waals surface area contributed by atoms with E-state index in [0.29, 0.717) is 12.1 Å². The van der Waals surface area contributed by atoms with Gasteiger partial charge < -0.3 is 5.73 Å². The van der Waals surface area contributed by atoms with Gasteiger partial charge in [-0.15, -0.1) is 0 Å². The number of hydrogen-bond acceptors (Lipinski definition) is 1.